The van der Waals surface area contributed by atoms with E-state index in [1.165, 1.54) is 122 Å². The number of phosphoric ester groups is 1. The summed E-state index contributed by atoms with van der Waals surface area (Å²) in [5.41, 5.74) is 5.36. The van der Waals surface area contributed by atoms with Crippen molar-refractivity contribution in [3.63, 3.8) is 0 Å². The first-order chi connectivity index (χ1) is 24.4. The molecule has 0 fully saturated rings. The van der Waals surface area contributed by atoms with Crippen molar-refractivity contribution in [2.75, 3.05) is 19.8 Å². The van der Waals surface area contributed by atoms with Gasteiger partial charge in [0.05, 0.1) is 25.4 Å². The quantitative estimate of drug-likeness (QED) is 0.0283. The summed E-state index contributed by atoms with van der Waals surface area (Å²) in [5.74, 6) is -0.208. The molecule has 3 unspecified atom stereocenters. The molecule has 0 saturated carbocycles. The van der Waals surface area contributed by atoms with Crippen molar-refractivity contribution in [2.45, 2.75) is 199 Å². The van der Waals surface area contributed by atoms with Gasteiger partial charge >= 0.3 is 7.82 Å². The minimum Gasteiger partial charge on any atom is -0.387 e. The number of rotatable bonds is 38. The number of hydrogen-bond acceptors (Lipinski definition) is 6. The molecule has 3 atom stereocenters. The minimum absolute atomic E-state index is 0.0725. The molecule has 0 aromatic rings. The summed E-state index contributed by atoms with van der Waals surface area (Å²) in [5, 5.41) is 13.6. The zero-order valence-electron chi connectivity index (χ0n) is 32.4. The van der Waals surface area contributed by atoms with E-state index < -0.39 is 20.0 Å². The van der Waals surface area contributed by atoms with Gasteiger partial charge in [0, 0.05) is 13.0 Å². The van der Waals surface area contributed by atoms with Crippen LogP contribution in [0.25, 0.3) is 0 Å². The molecule has 0 rings (SSSR count). The predicted molar refractivity (Wildman–Crippen MR) is 212 cm³/mol. The first kappa shape index (κ1) is 48.7. The summed E-state index contributed by atoms with van der Waals surface area (Å²) in [6.07, 6.45) is 43.3. The Labute approximate surface area is 308 Å². The SMILES string of the molecule is CCCCCCC/C=C/CC/C=C/CC/C=C/C(O)C(COP(=O)(O)OCCN)NC(=O)CCCCCCCCCCCCCCCCCC. The second-order valence-electron chi connectivity index (χ2n) is 13.8. The number of unbranched alkanes of at least 4 members (excludes halogenated alkanes) is 22. The van der Waals surface area contributed by atoms with E-state index in [0.29, 0.717) is 6.42 Å². The molecule has 50 heavy (non-hydrogen) atoms. The lowest BCUT2D eigenvalue weighted by Crippen LogP contribution is -2.45. The Morgan fingerprint density at radius 3 is 1.54 bits per heavy atom. The maximum atomic E-state index is 12.7. The summed E-state index contributed by atoms with van der Waals surface area (Å²) >= 11 is 0. The highest BCUT2D eigenvalue weighted by Crippen LogP contribution is 2.43. The molecule has 0 bridgehead atoms. The van der Waals surface area contributed by atoms with Crippen molar-refractivity contribution in [1.29, 1.82) is 0 Å². The van der Waals surface area contributed by atoms with Gasteiger partial charge in [-0.15, -0.1) is 0 Å². The third-order valence-electron chi connectivity index (χ3n) is 8.95. The Bertz CT molecular complexity index is 881. The Morgan fingerprint density at radius 1 is 0.640 bits per heavy atom. The van der Waals surface area contributed by atoms with Crippen LogP contribution in [0.3, 0.4) is 0 Å². The van der Waals surface area contributed by atoms with Crippen LogP contribution in [0.4, 0.5) is 0 Å². The van der Waals surface area contributed by atoms with Crippen LogP contribution in [-0.4, -0.2) is 47.8 Å². The first-order valence-electron chi connectivity index (χ1n) is 20.6. The number of hydrogen-bond donors (Lipinski definition) is 4. The van der Waals surface area contributed by atoms with Crippen LogP contribution in [0, 0.1) is 0 Å². The molecule has 0 aliphatic rings. The number of aliphatic hydroxyl groups is 1. The smallest absolute Gasteiger partial charge is 0.387 e. The van der Waals surface area contributed by atoms with Crippen LogP contribution >= 0.6 is 7.82 Å². The van der Waals surface area contributed by atoms with Crippen molar-refractivity contribution >= 4 is 13.7 Å². The molecule has 0 heterocycles. The summed E-state index contributed by atoms with van der Waals surface area (Å²) in [7, 11) is -4.34. The Balaban J connectivity index is 4.31. The van der Waals surface area contributed by atoms with Crippen LogP contribution in [0.2, 0.25) is 0 Å². The molecule has 0 aliphatic heterocycles. The number of amides is 1. The van der Waals surface area contributed by atoms with Crippen LogP contribution < -0.4 is 11.1 Å². The zero-order valence-corrected chi connectivity index (χ0v) is 33.3. The molecule has 0 aromatic heterocycles. The third-order valence-corrected chi connectivity index (χ3v) is 9.93. The number of carbonyl (C=O) groups is 1. The molecule has 0 saturated heterocycles. The van der Waals surface area contributed by atoms with Crippen LogP contribution in [-0.2, 0) is 18.4 Å². The topological polar surface area (TPSA) is 131 Å². The molecular formula is C41H79N2O6P. The zero-order chi connectivity index (χ0) is 36.8. The van der Waals surface area contributed by atoms with Crippen LogP contribution in [0.15, 0.2) is 36.5 Å². The highest BCUT2D eigenvalue weighted by atomic mass is 31.2. The van der Waals surface area contributed by atoms with E-state index in [-0.39, 0.29) is 25.7 Å². The van der Waals surface area contributed by atoms with Crippen molar-refractivity contribution < 1.29 is 28.4 Å². The monoisotopic (exact) mass is 727 g/mol. The summed E-state index contributed by atoms with van der Waals surface area (Å²) in [6, 6.07) is -0.879. The van der Waals surface area contributed by atoms with Gasteiger partial charge in [-0.2, -0.15) is 0 Å². The van der Waals surface area contributed by atoms with E-state index in [2.05, 4.69) is 43.5 Å². The van der Waals surface area contributed by atoms with Gasteiger partial charge in [0.15, 0.2) is 0 Å². The largest absolute Gasteiger partial charge is 0.472 e. The fourth-order valence-electron chi connectivity index (χ4n) is 5.81. The second kappa shape index (κ2) is 37.5. The third kappa shape index (κ3) is 35.1. The molecule has 9 heteroatoms. The molecule has 5 N–H and O–H groups in total. The van der Waals surface area contributed by atoms with Gasteiger partial charge in [-0.3, -0.25) is 13.8 Å². The van der Waals surface area contributed by atoms with E-state index in [9.17, 15) is 19.4 Å². The Morgan fingerprint density at radius 2 is 1.06 bits per heavy atom. The number of carbonyl (C=O) groups excluding carboxylic acids is 1. The Hall–Kier alpha value is -1.28. The van der Waals surface area contributed by atoms with E-state index in [4.69, 9.17) is 14.8 Å². The van der Waals surface area contributed by atoms with Gasteiger partial charge in [0.2, 0.25) is 5.91 Å². The molecule has 0 aromatic carbocycles. The number of allylic oxidation sites excluding steroid dienone is 5. The fourth-order valence-corrected chi connectivity index (χ4v) is 6.57. The van der Waals surface area contributed by atoms with Gasteiger partial charge in [0.25, 0.3) is 0 Å². The molecule has 0 aliphatic carbocycles. The molecule has 1 amide bonds. The van der Waals surface area contributed by atoms with Crippen molar-refractivity contribution in [1.82, 2.24) is 5.32 Å². The van der Waals surface area contributed by atoms with Gasteiger partial charge in [-0.05, 0) is 44.9 Å². The predicted octanol–water partition coefficient (Wildman–Crippen LogP) is 11.2. The maximum absolute atomic E-state index is 12.7. The van der Waals surface area contributed by atoms with Gasteiger partial charge in [0.1, 0.15) is 0 Å². The van der Waals surface area contributed by atoms with Crippen molar-refractivity contribution in [3.8, 4) is 0 Å². The molecule has 0 spiro atoms. The van der Waals surface area contributed by atoms with E-state index in [1.54, 1.807) is 6.08 Å². The van der Waals surface area contributed by atoms with E-state index in [1.807, 2.05) is 6.08 Å². The summed E-state index contributed by atoms with van der Waals surface area (Å²) < 4.78 is 22.1. The maximum Gasteiger partial charge on any atom is 0.472 e. The standard InChI is InChI=1S/C41H79N2O6P/c1-3-5-7-9-11-13-15-17-19-21-23-25-27-29-31-33-35-41(45)43-39(38-49-50(46,47)48-37-36-42)40(44)34-32-30-28-26-24-22-20-18-16-14-12-10-8-6-4-2/h16,18,24,26,32,34,39-40,44H,3-15,17,19-23,25,27-31,33,35-38,42H2,1-2H3,(H,43,45)(H,46,47)/b18-16+,26-24+,34-32+. The average molecular weight is 727 g/mol. The molecule has 0 radical (unpaired) electrons. The van der Waals surface area contributed by atoms with Gasteiger partial charge in [-0.1, -0.05) is 172 Å². The molecule has 294 valence electrons. The lowest BCUT2D eigenvalue weighted by molar-refractivity contribution is -0.123. The van der Waals surface area contributed by atoms with Gasteiger partial charge in [-0.25, -0.2) is 4.57 Å². The number of phosphoric acid groups is 1. The van der Waals surface area contributed by atoms with Gasteiger partial charge < -0.3 is 21.1 Å². The highest BCUT2D eigenvalue weighted by Gasteiger charge is 2.26. The van der Waals surface area contributed by atoms with E-state index >= 15 is 0 Å². The first-order valence-corrected chi connectivity index (χ1v) is 22.1. The highest BCUT2D eigenvalue weighted by molar-refractivity contribution is 7.47. The number of nitrogens with one attached hydrogen (secondary N) is 1. The molecule has 8 nitrogen and oxygen atoms in total. The van der Waals surface area contributed by atoms with Crippen molar-refractivity contribution in [3.05, 3.63) is 36.5 Å². The normalized spacial score (nSPS) is 14.6. The lowest BCUT2D eigenvalue weighted by Gasteiger charge is -2.23. The van der Waals surface area contributed by atoms with E-state index in [0.717, 1.165) is 44.9 Å². The molecular weight excluding hydrogens is 647 g/mol. The minimum atomic E-state index is -4.34. The van der Waals surface area contributed by atoms with Crippen molar-refractivity contribution in [2.24, 2.45) is 5.73 Å². The second-order valence-corrected chi connectivity index (χ2v) is 15.3. The average Bonchev–Trinajstić information content (AvgIpc) is 3.10. The Kier molecular flexibility index (Phi) is 36.5. The van der Waals surface area contributed by atoms with Crippen LogP contribution in [0.1, 0.15) is 187 Å². The fraction of sp³-hybridized carbons (Fsp3) is 0.829. The van der Waals surface area contributed by atoms with Crippen LogP contribution in [0.5, 0.6) is 0 Å². The summed E-state index contributed by atoms with van der Waals surface area (Å²) in [4.78, 5) is 22.6. The summed E-state index contributed by atoms with van der Waals surface area (Å²) in [6.45, 7) is 4.09. The lowest BCUT2D eigenvalue weighted by atomic mass is 10.0. The number of nitrogens with two attached hydrogens (primary N) is 1. The number of aliphatic hydroxyl groups excluding tert-OH is 1.